The van der Waals surface area contributed by atoms with Crippen LogP contribution in [0, 0.1) is 0 Å². The van der Waals surface area contributed by atoms with E-state index in [1.54, 1.807) is 12.0 Å². The smallest absolute Gasteiger partial charge is 0.334 e. The zero-order valence-corrected chi connectivity index (χ0v) is 14.1. The second-order valence-electron chi connectivity index (χ2n) is 6.14. The summed E-state index contributed by atoms with van der Waals surface area (Å²) in [6.07, 6.45) is 1.78. The molecule has 1 aromatic carbocycles. The fourth-order valence-corrected chi connectivity index (χ4v) is 2.71. The van der Waals surface area contributed by atoms with Crippen molar-refractivity contribution in [1.29, 1.82) is 0 Å². The molecule has 8 nitrogen and oxygen atoms in total. The molecule has 0 atom stereocenters. The Kier molecular flexibility index (Phi) is 4.43. The number of methoxy groups -OCH3 is 1. The number of nitrogens with zero attached hydrogens (tertiary/aromatic N) is 3. The number of rotatable bonds is 6. The van der Waals surface area contributed by atoms with Crippen LogP contribution in [0.15, 0.2) is 24.3 Å². The third-order valence-electron chi connectivity index (χ3n) is 4.36. The second kappa shape index (κ2) is 6.54. The quantitative estimate of drug-likeness (QED) is 0.557. The Morgan fingerprint density at radius 2 is 1.80 bits per heavy atom. The first-order valence-corrected chi connectivity index (χ1v) is 7.98. The van der Waals surface area contributed by atoms with Gasteiger partial charge in [0.25, 0.3) is 0 Å². The second-order valence-corrected chi connectivity index (χ2v) is 6.14. The number of amides is 5. The lowest BCUT2D eigenvalue weighted by Crippen LogP contribution is -2.43. The minimum absolute atomic E-state index is 0.107. The summed E-state index contributed by atoms with van der Waals surface area (Å²) in [7, 11) is 2.81. The predicted molar refractivity (Wildman–Crippen MR) is 86.4 cm³/mol. The number of carbonyl (C=O) groups excluding carboxylic acids is 4. The molecular weight excluding hydrogens is 326 g/mol. The van der Waals surface area contributed by atoms with E-state index < -0.39 is 24.4 Å². The van der Waals surface area contributed by atoms with Crippen molar-refractivity contribution in [1.82, 2.24) is 14.7 Å². The number of benzene rings is 1. The lowest BCUT2D eigenvalue weighted by atomic mass is 10.2. The number of hydrogen-bond acceptors (Lipinski definition) is 5. The third-order valence-corrected chi connectivity index (χ3v) is 4.36. The maximum atomic E-state index is 12.6. The fourth-order valence-electron chi connectivity index (χ4n) is 2.71. The van der Waals surface area contributed by atoms with Crippen molar-refractivity contribution < 1.29 is 23.9 Å². The summed E-state index contributed by atoms with van der Waals surface area (Å²) in [5.41, 5.74) is 0.924. The van der Waals surface area contributed by atoms with Crippen molar-refractivity contribution in [3.63, 3.8) is 0 Å². The van der Waals surface area contributed by atoms with Gasteiger partial charge in [0.15, 0.2) is 0 Å². The maximum absolute atomic E-state index is 12.6. The van der Waals surface area contributed by atoms with Crippen molar-refractivity contribution in [2.45, 2.75) is 25.4 Å². The van der Waals surface area contributed by atoms with Gasteiger partial charge in [0, 0.05) is 19.6 Å². The molecule has 1 heterocycles. The Morgan fingerprint density at radius 3 is 2.28 bits per heavy atom. The molecule has 25 heavy (non-hydrogen) atoms. The average Bonchev–Trinajstić information content (AvgIpc) is 3.44. The Morgan fingerprint density at radius 1 is 1.16 bits per heavy atom. The van der Waals surface area contributed by atoms with E-state index in [4.69, 9.17) is 4.74 Å². The summed E-state index contributed by atoms with van der Waals surface area (Å²) in [6, 6.07) is 6.70. The van der Waals surface area contributed by atoms with Gasteiger partial charge in [-0.05, 0) is 30.5 Å². The summed E-state index contributed by atoms with van der Waals surface area (Å²) in [4.78, 5) is 51.0. The molecule has 0 bridgehead atoms. The van der Waals surface area contributed by atoms with Crippen LogP contribution in [-0.4, -0.2) is 65.2 Å². The number of urea groups is 1. The van der Waals surface area contributed by atoms with Gasteiger partial charge in [-0.15, -0.1) is 0 Å². The fraction of sp³-hybridized carbons (Fsp3) is 0.412. The van der Waals surface area contributed by atoms with Crippen LogP contribution in [0.2, 0.25) is 0 Å². The lowest BCUT2D eigenvalue weighted by molar-refractivity contribution is -0.144. The minimum atomic E-state index is -0.957. The van der Waals surface area contributed by atoms with Gasteiger partial charge in [-0.25, -0.2) is 9.69 Å². The normalized spacial score (nSPS) is 17.3. The van der Waals surface area contributed by atoms with E-state index in [-0.39, 0.29) is 11.9 Å². The lowest BCUT2D eigenvalue weighted by Gasteiger charge is -2.24. The van der Waals surface area contributed by atoms with Crippen molar-refractivity contribution in [2.75, 3.05) is 20.7 Å². The van der Waals surface area contributed by atoms with E-state index in [0.29, 0.717) is 11.4 Å². The van der Waals surface area contributed by atoms with Crippen molar-refractivity contribution in [2.24, 2.45) is 0 Å². The summed E-state index contributed by atoms with van der Waals surface area (Å²) in [6.45, 7) is -0.0338. The highest BCUT2D eigenvalue weighted by Gasteiger charge is 2.44. The molecule has 1 aliphatic carbocycles. The molecule has 0 unspecified atom stereocenters. The van der Waals surface area contributed by atoms with Crippen LogP contribution in [0.1, 0.15) is 18.4 Å². The van der Waals surface area contributed by atoms with Crippen LogP contribution in [0.4, 0.5) is 4.79 Å². The predicted octanol–water partition coefficient (Wildman–Crippen LogP) is 0.607. The van der Waals surface area contributed by atoms with Crippen LogP contribution in [0.25, 0.3) is 0 Å². The Hall–Kier alpha value is -2.90. The van der Waals surface area contributed by atoms with Gasteiger partial charge in [0.2, 0.25) is 5.91 Å². The summed E-state index contributed by atoms with van der Waals surface area (Å²) >= 11 is 0. The average molecular weight is 345 g/mol. The van der Waals surface area contributed by atoms with Gasteiger partial charge in [-0.1, -0.05) is 12.1 Å². The van der Waals surface area contributed by atoms with E-state index in [2.05, 4.69) is 0 Å². The number of carbonyl (C=O) groups is 4. The molecular formula is C17H19N3O5. The number of ether oxygens (including phenoxy) is 1. The molecule has 3 rings (SSSR count). The highest BCUT2D eigenvalue weighted by molar-refractivity contribution is 6.44. The zero-order chi connectivity index (χ0) is 18.1. The summed E-state index contributed by atoms with van der Waals surface area (Å²) in [5.74, 6) is -1.49. The van der Waals surface area contributed by atoms with Crippen molar-refractivity contribution in [3.8, 4) is 5.75 Å². The molecule has 8 heteroatoms. The Bertz CT molecular complexity index is 726. The highest BCUT2D eigenvalue weighted by Crippen LogP contribution is 2.29. The van der Waals surface area contributed by atoms with Crippen LogP contribution in [-0.2, 0) is 20.9 Å². The Balaban J connectivity index is 1.70. The first kappa shape index (κ1) is 16.9. The molecule has 1 aromatic rings. The maximum Gasteiger partial charge on any atom is 0.334 e. The topological polar surface area (TPSA) is 87.2 Å². The van der Waals surface area contributed by atoms with Gasteiger partial charge in [-0.3, -0.25) is 19.3 Å². The summed E-state index contributed by atoms with van der Waals surface area (Å²) < 4.78 is 5.12. The van der Waals surface area contributed by atoms with Crippen LogP contribution >= 0.6 is 0 Å². The molecule has 0 radical (unpaired) electrons. The van der Waals surface area contributed by atoms with Crippen LogP contribution in [0.5, 0.6) is 5.75 Å². The molecule has 1 saturated heterocycles. The molecule has 1 aliphatic heterocycles. The number of hydrogen-bond donors (Lipinski definition) is 0. The molecule has 2 fully saturated rings. The summed E-state index contributed by atoms with van der Waals surface area (Å²) in [5, 5.41) is 0. The minimum Gasteiger partial charge on any atom is -0.497 e. The van der Waals surface area contributed by atoms with Gasteiger partial charge in [0.1, 0.15) is 12.3 Å². The molecule has 2 aliphatic rings. The first-order chi connectivity index (χ1) is 11.9. The van der Waals surface area contributed by atoms with Crippen molar-refractivity contribution in [3.05, 3.63) is 29.8 Å². The number of imide groups is 2. The van der Waals surface area contributed by atoms with Gasteiger partial charge >= 0.3 is 17.8 Å². The molecule has 5 amide bonds. The van der Waals surface area contributed by atoms with E-state index in [1.165, 1.54) is 7.05 Å². The third kappa shape index (κ3) is 3.33. The van der Waals surface area contributed by atoms with Crippen LogP contribution < -0.4 is 4.74 Å². The van der Waals surface area contributed by atoms with Gasteiger partial charge in [0.05, 0.1) is 7.11 Å². The van der Waals surface area contributed by atoms with E-state index in [0.717, 1.165) is 29.1 Å². The largest absolute Gasteiger partial charge is 0.497 e. The van der Waals surface area contributed by atoms with E-state index in [9.17, 15) is 19.2 Å². The molecule has 0 N–H and O–H groups in total. The van der Waals surface area contributed by atoms with Crippen LogP contribution in [0.3, 0.4) is 0 Å². The molecule has 0 aromatic heterocycles. The standard InChI is InChI=1S/C17H19N3O5/c1-18-15(22)16(23)20(17(18)24)10-14(21)19(12-5-6-12)9-11-3-7-13(25-2)8-4-11/h3-4,7-8,12H,5-6,9-10H2,1-2H3. The molecule has 0 spiro atoms. The zero-order valence-electron chi connectivity index (χ0n) is 14.1. The van der Waals surface area contributed by atoms with E-state index in [1.807, 2.05) is 24.3 Å². The monoisotopic (exact) mass is 345 g/mol. The SMILES string of the molecule is COc1ccc(CN(C(=O)CN2C(=O)C(=O)N(C)C2=O)C2CC2)cc1. The van der Waals surface area contributed by atoms with Gasteiger partial charge in [-0.2, -0.15) is 0 Å². The Labute approximate surface area is 144 Å². The molecule has 1 saturated carbocycles. The van der Waals surface area contributed by atoms with Gasteiger partial charge < -0.3 is 9.64 Å². The molecule has 132 valence electrons. The number of likely N-dealkylation sites (N-methyl/N-ethyl adjacent to an activating group) is 1. The highest BCUT2D eigenvalue weighted by atomic mass is 16.5. The van der Waals surface area contributed by atoms with E-state index >= 15 is 0 Å². The first-order valence-electron chi connectivity index (χ1n) is 7.98. The van der Waals surface area contributed by atoms with Crippen molar-refractivity contribution >= 4 is 23.8 Å².